The molecule has 0 aliphatic rings. The van der Waals surface area contributed by atoms with Gasteiger partial charge in [0, 0.05) is 31.5 Å². The van der Waals surface area contributed by atoms with Gasteiger partial charge in [0.1, 0.15) is 0 Å². The average Bonchev–Trinajstić information content (AvgIpc) is 3.57. The SMILES string of the molecule is [2H]c1c([2H])c(N(c2ccc(-c3ccccc3)cc2)c2ccc(-c3ccccc3)cc2)c2c(sc3c([2H])c(-c4ccccc4)c([2H])c([2H])c32)c1[2H]. The number of thiophene rings is 1. The van der Waals surface area contributed by atoms with Crippen LogP contribution in [0.2, 0.25) is 0 Å². The largest absolute Gasteiger partial charge is 0.310 e. The molecule has 0 saturated carbocycles. The highest BCUT2D eigenvalue weighted by molar-refractivity contribution is 7.26. The summed E-state index contributed by atoms with van der Waals surface area (Å²) in [6.07, 6.45) is 0. The van der Waals surface area contributed by atoms with Crippen molar-refractivity contribution >= 4 is 48.6 Å². The number of rotatable bonds is 6. The van der Waals surface area contributed by atoms with Crippen molar-refractivity contribution in [3.8, 4) is 33.4 Å². The standard InChI is InChI=1S/C42H29NS/c1-4-11-30(12-5-1)33-19-24-36(25-20-33)43(37-26-21-34(22-27-37)31-13-6-2-7-14-31)39-17-10-18-40-42(39)38-28-23-35(29-41(38)44-40)32-15-8-3-9-16-32/h1-29H/i10D,17D,18D,23D,28D,29D. The van der Waals surface area contributed by atoms with Crippen LogP contribution in [0.5, 0.6) is 0 Å². The summed E-state index contributed by atoms with van der Waals surface area (Å²) in [7, 11) is 0. The Morgan fingerprint density at radius 1 is 0.432 bits per heavy atom. The number of hydrogen-bond donors (Lipinski definition) is 0. The summed E-state index contributed by atoms with van der Waals surface area (Å²) in [4.78, 5) is 1.91. The maximum atomic E-state index is 9.37. The van der Waals surface area contributed by atoms with Gasteiger partial charge in [0.15, 0.2) is 0 Å². The van der Waals surface area contributed by atoms with Crippen molar-refractivity contribution in [1.82, 2.24) is 0 Å². The molecule has 1 heterocycles. The third kappa shape index (κ3) is 4.86. The van der Waals surface area contributed by atoms with E-state index in [4.69, 9.17) is 4.11 Å². The Bertz CT molecular complexity index is 2430. The summed E-state index contributed by atoms with van der Waals surface area (Å²) in [5.74, 6) is 0. The Labute approximate surface area is 270 Å². The summed E-state index contributed by atoms with van der Waals surface area (Å²) in [5.41, 5.74) is 6.99. The van der Waals surface area contributed by atoms with Crippen molar-refractivity contribution in [2.75, 3.05) is 4.90 Å². The second kappa shape index (κ2) is 11.3. The predicted molar refractivity (Wildman–Crippen MR) is 190 cm³/mol. The summed E-state index contributed by atoms with van der Waals surface area (Å²) in [6, 6.07) is 44.8. The molecule has 0 unspecified atom stereocenters. The first-order valence-corrected chi connectivity index (χ1v) is 15.3. The van der Waals surface area contributed by atoms with Gasteiger partial charge in [-0.1, -0.05) is 133 Å². The van der Waals surface area contributed by atoms with Gasteiger partial charge in [0.25, 0.3) is 0 Å². The molecule has 0 spiro atoms. The summed E-state index contributed by atoms with van der Waals surface area (Å²) in [6.45, 7) is 0. The quantitative estimate of drug-likeness (QED) is 0.188. The molecule has 8 aromatic rings. The Morgan fingerprint density at radius 3 is 1.43 bits per heavy atom. The number of hydrogen-bond acceptors (Lipinski definition) is 2. The maximum Gasteiger partial charge on any atom is 0.0645 e. The van der Waals surface area contributed by atoms with Gasteiger partial charge >= 0.3 is 0 Å². The number of anilines is 3. The van der Waals surface area contributed by atoms with E-state index in [0.29, 0.717) is 37.0 Å². The Hall–Kier alpha value is -5.44. The molecule has 0 radical (unpaired) electrons. The van der Waals surface area contributed by atoms with Gasteiger partial charge in [-0.05, 0) is 75.8 Å². The lowest BCUT2D eigenvalue weighted by Gasteiger charge is -2.27. The number of fused-ring (bicyclic) bond motifs is 3. The van der Waals surface area contributed by atoms with E-state index in [2.05, 4.69) is 0 Å². The molecule has 0 saturated heterocycles. The van der Waals surface area contributed by atoms with Gasteiger partial charge in [0.05, 0.1) is 13.9 Å². The van der Waals surface area contributed by atoms with Crippen molar-refractivity contribution < 1.29 is 8.22 Å². The second-order valence-corrected chi connectivity index (χ2v) is 11.5. The van der Waals surface area contributed by atoms with E-state index in [1.54, 1.807) is 0 Å². The monoisotopic (exact) mass is 585 g/mol. The summed E-state index contributed by atoms with van der Waals surface area (Å²) < 4.78 is 55.9. The second-order valence-electron chi connectivity index (χ2n) is 10.5. The van der Waals surface area contributed by atoms with Crippen LogP contribution in [0.4, 0.5) is 17.1 Å². The van der Waals surface area contributed by atoms with Crippen LogP contribution in [0.25, 0.3) is 53.6 Å². The van der Waals surface area contributed by atoms with Crippen LogP contribution < -0.4 is 4.90 Å². The molecule has 0 fully saturated rings. The molecule has 7 aromatic carbocycles. The van der Waals surface area contributed by atoms with Gasteiger partial charge in [-0.15, -0.1) is 11.3 Å². The van der Waals surface area contributed by atoms with E-state index < -0.39 is 0 Å². The number of benzene rings is 7. The molecule has 0 amide bonds. The zero-order chi connectivity index (χ0) is 34.5. The average molecular weight is 586 g/mol. The molecule has 0 N–H and O–H groups in total. The van der Waals surface area contributed by atoms with E-state index in [0.717, 1.165) is 33.6 Å². The Kier molecular flexibility index (Phi) is 5.27. The molecule has 0 aliphatic heterocycles. The van der Waals surface area contributed by atoms with E-state index >= 15 is 0 Å². The van der Waals surface area contributed by atoms with E-state index in [9.17, 15) is 4.11 Å². The maximum absolute atomic E-state index is 9.37. The van der Waals surface area contributed by atoms with Gasteiger partial charge in [0.2, 0.25) is 0 Å². The van der Waals surface area contributed by atoms with E-state index in [-0.39, 0.29) is 36.3 Å². The highest BCUT2D eigenvalue weighted by Crippen LogP contribution is 2.46. The van der Waals surface area contributed by atoms with Crippen molar-refractivity contribution in [2.45, 2.75) is 0 Å². The predicted octanol–water partition coefficient (Wildman–Crippen LogP) is 12.5. The first-order chi connectivity index (χ1) is 24.3. The lowest BCUT2D eigenvalue weighted by molar-refractivity contribution is 1.30. The van der Waals surface area contributed by atoms with Crippen molar-refractivity contribution in [2.24, 2.45) is 0 Å². The van der Waals surface area contributed by atoms with Crippen molar-refractivity contribution in [1.29, 1.82) is 0 Å². The molecule has 1 aromatic heterocycles. The highest BCUT2D eigenvalue weighted by Gasteiger charge is 2.19. The van der Waals surface area contributed by atoms with Gasteiger partial charge in [-0.3, -0.25) is 0 Å². The van der Waals surface area contributed by atoms with Crippen LogP contribution >= 0.6 is 11.3 Å². The normalized spacial score (nSPS) is 13.1. The number of nitrogens with zero attached hydrogens (tertiary/aromatic N) is 1. The Balaban J connectivity index is 1.42. The van der Waals surface area contributed by atoms with Crippen molar-refractivity contribution in [3.63, 3.8) is 0 Å². The Morgan fingerprint density at radius 2 is 0.909 bits per heavy atom. The van der Waals surface area contributed by atoms with E-state index in [1.165, 1.54) is 11.3 Å². The van der Waals surface area contributed by atoms with Gasteiger partial charge in [-0.2, -0.15) is 0 Å². The fourth-order valence-electron chi connectivity index (χ4n) is 5.62. The van der Waals surface area contributed by atoms with Crippen LogP contribution in [-0.4, -0.2) is 0 Å². The lowest BCUT2D eigenvalue weighted by atomic mass is 10.0. The first-order valence-electron chi connectivity index (χ1n) is 17.5. The van der Waals surface area contributed by atoms with Crippen molar-refractivity contribution in [3.05, 3.63) is 176 Å². The molecule has 44 heavy (non-hydrogen) atoms. The van der Waals surface area contributed by atoms with Gasteiger partial charge in [-0.25, -0.2) is 0 Å². The third-order valence-electron chi connectivity index (χ3n) is 7.80. The van der Waals surface area contributed by atoms with Gasteiger partial charge < -0.3 is 4.90 Å². The van der Waals surface area contributed by atoms with Crippen LogP contribution in [0.3, 0.4) is 0 Å². The summed E-state index contributed by atoms with van der Waals surface area (Å²) >= 11 is 1.18. The molecule has 2 heteroatoms. The van der Waals surface area contributed by atoms with Crippen LogP contribution in [-0.2, 0) is 0 Å². The molecular formula is C42H29NS. The smallest absolute Gasteiger partial charge is 0.0645 e. The topological polar surface area (TPSA) is 3.24 Å². The minimum Gasteiger partial charge on any atom is -0.310 e. The zero-order valence-corrected chi connectivity index (χ0v) is 24.5. The highest BCUT2D eigenvalue weighted by atomic mass is 32.1. The molecule has 0 atom stereocenters. The molecule has 8 rings (SSSR count). The van der Waals surface area contributed by atoms with Crippen LogP contribution in [0.1, 0.15) is 8.22 Å². The minimum atomic E-state index is -0.238. The molecular weight excluding hydrogens is 551 g/mol. The molecule has 208 valence electrons. The molecule has 0 bridgehead atoms. The van der Waals surface area contributed by atoms with Crippen LogP contribution in [0.15, 0.2) is 176 Å². The summed E-state index contributed by atoms with van der Waals surface area (Å²) in [5, 5.41) is 0.783. The molecule has 1 nitrogen and oxygen atoms in total. The van der Waals surface area contributed by atoms with Crippen LogP contribution in [0, 0.1) is 0 Å². The van der Waals surface area contributed by atoms with E-state index in [1.807, 2.05) is 144 Å². The first kappa shape index (κ1) is 20.5. The fourth-order valence-corrected chi connectivity index (χ4v) is 6.64. The lowest BCUT2D eigenvalue weighted by Crippen LogP contribution is -2.10. The zero-order valence-electron chi connectivity index (χ0n) is 29.6. The minimum absolute atomic E-state index is 0.0716. The molecule has 0 aliphatic carbocycles. The third-order valence-corrected chi connectivity index (χ3v) is 8.82. The fraction of sp³-hybridized carbons (Fsp3) is 0.